The van der Waals surface area contributed by atoms with E-state index in [1.54, 1.807) is 42.5 Å². The Balaban J connectivity index is 1.66. The number of halogens is 3. The fraction of sp³-hybridized carbons (Fsp3) is 0.0417. The van der Waals surface area contributed by atoms with Gasteiger partial charge in [-0.15, -0.1) is 0 Å². The number of nitrogens with zero attached hydrogens (tertiary/aromatic N) is 1. The molecule has 0 unspecified atom stereocenters. The second-order valence-electron chi connectivity index (χ2n) is 7.03. The summed E-state index contributed by atoms with van der Waals surface area (Å²) >= 11 is 10.1. The van der Waals surface area contributed by atoms with Crippen LogP contribution in [0.1, 0.15) is 11.1 Å². The molecule has 4 amide bonds. The second kappa shape index (κ2) is 10.0. The van der Waals surface area contributed by atoms with E-state index in [-0.39, 0.29) is 5.57 Å². The van der Waals surface area contributed by atoms with Crippen LogP contribution in [0.5, 0.6) is 5.75 Å². The fourth-order valence-corrected chi connectivity index (χ4v) is 4.05. The number of benzene rings is 3. The summed E-state index contributed by atoms with van der Waals surface area (Å²) in [6, 6.07) is 18.8. The number of urea groups is 1. The molecule has 1 heterocycles. The van der Waals surface area contributed by atoms with Crippen molar-refractivity contribution in [2.75, 3.05) is 4.90 Å². The summed E-state index contributed by atoms with van der Waals surface area (Å²) in [5, 5.41) is 2.23. The normalized spacial score (nSPS) is 15.1. The van der Waals surface area contributed by atoms with Crippen LogP contribution in [0.25, 0.3) is 6.08 Å². The van der Waals surface area contributed by atoms with Gasteiger partial charge in [0.15, 0.2) is 0 Å². The topological polar surface area (TPSA) is 75.7 Å². The molecule has 33 heavy (non-hydrogen) atoms. The van der Waals surface area contributed by atoms with Gasteiger partial charge in [-0.05, 0) is 66.2 Å². The Hall–Kier alpha value is -2.75. The largest absolute Gasteiger partial charge is 0.488 e. The Labute approximate surface area is 215 Å². The lowest BCUT2D eigenvalue weighted by Crippen LogP contribution is -2.54. The maximum absolute atomic E-state index is 13.2. The molecule has 1 N–H and O–H groups in total. The van der Waals surface area contributed by atoms with Crippen molar-refractivity contribution in [2.45, 2.75) is 6.61 Å². The van der Waals surface area contributed by atoms with Gasteiger partial charge in [-0.25, -0.2) is 9.69 Å². The molecule has 1 fully saturated rings. The third-order valence-electron chi connectivity index (χ3n) is 4.77. The third kappa shape index (κ3) is 5.43. The van der Waals surface area contributed by atoms with Crippen molar-refractivity contribution in [3.63, 3.8) is 0 Å². The van der Waals surface area contributed by atoms with Gasteiger partial charge in [0.1, 0.15) is 17.9 Å². The highest BCUT2D eigenvalue weighted by Gasteiger charge is 2.37. The molecule has 9 heteroatoms. The highest BCUT2D eigenvalue weighted by atomic mass is 79.9. The first-order valence-corrected chi connectivity index (χ1v) is 12.0. The van der Waals surface area contributed by atoms with E-state index in [9.17, 15) is 14.4 Å². The number of ether oxygens (including phenoxy) is 1. The van der Waals surface area contributed by atoms with Crippen LogP contribution in [-0.2, 0) is 16.2 Å². The molecule has 1 saturated heterocycles. The van der Waals surface area contributed by atoms with Crippen LogP contribution in [0.2, 0.25) is 0 Å². The summed E-state index contributed by atoms with van der Waals surface area (Å²) in [5.74, 6) is -0.997. The molecular weight excluding hydrogens is 620 g/mol. The number of anilines is 1. The van der Waals surface area contributed by atoms with E-state index < -0.39 is 17.8 Å². The molecule has 3 aromatic rings. The van der Waals surface area contributed by atoms with Crippen LogP contribution >= 0.6 is 47.8 Å². The Morgan fingerprint density at radius 2 is 1.42 bits per heavy atom. The van der Waals surface area contributed by atoms with Gasteiger partial charge in [0.2, 0.25) is 0 Å². The number of imide groups is 2. The molecule has 6 nitrogen and oxygen atoms in total. The zero-order chi connectivity index (χ0) is 23.5. The van der Waals surface area contributed by atoms with Gasteiger partial charge in [0.25, 0.3) is 11.8 Å². The predicted octanol–water partition coefficient (Wildman–Crippen LogP) is 6.22. The van der Waals surface area contributed by atoms with Crippen molar-refractivity contribution >= 4 is 77.4 Å². The van der Waals surface area contributed by atoms with Crippen LogP contribution < -0.4 is 15.0 Å². The Bertz CT molecular complexity index is 1270. The third-order valence-corrected chi connectivity index (χ3v) is 6.32. The van der Waals surface area contributed by atoms with E-state index in [2.05, 4.69) is 53.1 Å². The quantitative estimate of drug-likeness (QED) is 0.267. The first-order valence-electron chi connectivity index (χ1n) is 9.65. The molecule has 0 bridgehead atoms. The number of amides is 4. The zero-order valence-electron chi connectivity index (χ0n) is 16.8. The number of nitrogens with one attached hydrogen (secondary N) is 1. The van der Waals surface area contributed by atoms with Crippen LogP contribution in [0.3, 0.4) is 0 Å². The van der Waals surface area contributed by atoms with Gasteiger partial charge >= 0.3 is 6.03 Å². The average Bonchev–Trinajstić information content (AvgIpc) is 2.78. The van der Waals surface area contributed by atoms with E-state index in [1.165, 1.54) is 6.08 Å². The summed E-state index contributed by atoms with van der Waals surface area (Å²) < 4.78 is 8.47. The van der Waals surface area contributed by atoms with Crippen molar-refractivity contribution in [1.82, 2.24) is 5.32 Å². The first kappa shape index (κ1) is 23.4. The summed E-state index contributed by atoms with van der Waals surface area (Å²) in [6.07, 6.45) is 1.43. The summed E-state index contributed by atoms with van der Waals surface area (Å²) in [6.45, 7) is 0.300. The minimum atomic E-state index is -0.801. The summed E-state index contributed by atoms with van der Waals surface area (Å²) in [5.41, 5.74) is 1.65. The second-order valence-corrected chi connectivity index (χ2v) is 9.78. The summed E-state index contributed by atoms with van der Waals surface area (Å²) in [4.78, 5) is 39.0. The van der Waals surface area contributed by atoms with E-state index >= 15 is 0 Å². The fourth-order valence-electron chi connectivity index (χ4n) is 3.14. The lowest BCUT2D eigenvalue weighted by atomic mass is 10.1. The SMILES string of the molecule is O=C1NC(=O)N(c2ccc(Br)cc2)C(=O)/C1=C/c1cc(Br)ccc1OCc1ccc(Br)cc1. The zero-order valence-corrected chi connectivity index (χ0v) is 21.6. The maximum Gasteiger partial charge on any atom is 0.335 e. The number of rotatable bonds is 5. The van der Waals surface area contributed by atoms with Crippen LogP contribution in [0, 0.1) is 0 Å². The highest BCUT2D eigenvalue weighted by molar-refractivity contribution is 9.11. The van der Waals surface area contributed by atoms with Crippen LogP contribution in [-0.4, -0.2) is 17.8 Å². The Morgan fingerprint density at radius 1 is 0.818 bits per heavy atom. The molecule has 1 aliphatic rings. The van der Waals surface area contributed by atoms with Crippen molar-refractivity contribution in [2.24, 2.45) is 0 Å². The van der Waals surface area contributed by atoms with Gasteiger partial charge in [-0.3, -0.25) is 14.9 Å². The number of carbonyl (C=O) groups excluding carboxylic acids is 3. The minimum Gasteiger partial charge on any atom is -0.488 e. The Kier molecular flexibility index (Phi) is 7.11. The smallest absolute Gasteiger partial charge is 0.335 e. The minimum absolute atomic E-state index is 0.177. The number of hydrogen-bond acceptors (Lipinski definition) is 4. The predicted molar refractivity (Wildman–Crippen MR) is 136 cm³/mol. The average molecular weight is 635 g/mol. The van der Waals surface area contributed by atoms with Gasteiger partial charge in [0, 0.05) is 19.0 Å². The monoisotopic (exact) mass is 632 g/mol. The molecule has 1 aliphatic heterocycles. The number of barbiturate groups is 1. The lowest BCUT2D eigenvalue weighted by Gasteiger charge is -2.26. The molecule has 4 rings (SSSR count). The standard InChI is InChI=1S/C24H15Br3N2O4/c25-16-3-1-14(2-4-16)13-33-21-10-7-18(27)11-15(21)12-20-22(30)28-24(32)29(23(20)31)19-8-5-17(26)6-9-19/h1-12H,13H2,(H,28,30,32)/b20-12+. The molecule has 0 spiro atoms. The maximum atomic E-state index is 13.2. The van der Waals surface area contributed by atoms with E-state index in [4.69, 9.17) is 4.74 Å². The van der Waals surface area contributed by atoms with Gasteiger partial charge in [0.05, 0.1) is 5.69 Å². The van der Waals surface area contributed by atoms with Crippen molar-refractivity contribution < 1.29 is 19.1 Å². The molecule has 0 atom stereocenters. The summed E-state index contributed by atoms with van der Waals surface area (Å²) in [7, 11) is 0. The van der Waals surface area contributed by atoms with Crippen molar-refractivity contribution in [3.05, 3.63) is 96.8 Å². The number of carbonyl (C=O) groups is 3. The van der Waals surface area contributed by atoms with Crippen molar-refractivity contribution in [1.29, 1.82) is 0 Å². The van der Waals surface area contributed by atoms with E-state index in [0.29, 0.717) is 23.6 Å². The lowest BCUT2D eigenvalue weighted by molar-refractivity contribution is -0.122. The molecule has 0 radical (unpaired) electrons. The molecule has 166 valence electrons. The van der Waals surface area contributed by atoms with Crippen LogP contribution in [0.15, 0.2) is 85.7 Å². The van der Waals surface area contributed by atoms with Gasteiger partial charge < -0.3 is 4.74 Å². The Morgan fingerprint density at radius 3 is 2.09 bits per heavy atom. The molecular formula is C24H15Br3N2O4. The van der Waals surface area contributed by atoms with E-state index in [1.807, 2.05) is 24.3 Å². The molecule has 0 saturated carbocycles. The number of hydrogen-bond donors (Lipinski definition) is 1. The molecule has 0 aromatic heterocycles. The van der Waals surface area contributed by atoms with Crippen LogP contribution in [0.4, 0.5) is 10.5 Å². The van der Waals surface area contributed by atoms with Crippen molar-refractivity contribution in [3.8, 4) is 5.75 Å². The van der Waals surface area contributed by atoms with Gasteiger partial charge in [-0.2, -0.15) is 0 Å². The highest BCUT2D eigenvalue weighted by Crippen LogP contribution is 2.29. The first-order chi connectivity index (χ1) is 15.8. The molecule has 3 aromatic carbocycles. The van der Waals surface area contributed by atoms with E-state index in [0.717, 1.165) is 23.9 Å². The molecule has 0 aliphatic carbocycles. The van der Waals surface area contributed by atoms with Gasteiger partial charge in [-0.1, -0.05) is 59.9 Å².